The van der Waals surface area contributed by atoms with Gasteiger partial charge in [0, 0.05) is 55.9 Å². The number of likely N-dealkylation sites (N-methyl/N-ethyl adjacent to an activating group) is 1. The van der Waals surface area contributed by atoms with Crippen molar-refractivity contribution in [3.05, 3.63) is 52.5 Å². The predicted octanol–water partition coefficient (Wildman–Crippen LogP) is 3.34. The van der Waals surface area contributed by atoms with Gasteiger partial charge < -0.3 is 19.7 Å². The van der Waals surface area contributed by atoms with Gasteiger partial charge in [0.15, 0.2) is 5.16 Å². The summed E-state index contributed by atoms with van der Waals surface area (Å²) in [5.74, 6) is 1.16. The molecule has 164 valence electrons. The van der Waals surface area contributed by atoms with Crippen LogP contribution in [-0.4, -0.2) is 64.0 Å². The lowest BCUT2D eigenvalue weighted by molar-refractivity contribution is -0.113. The zero-order valence-electron chi connectivity index (χ0n) is 18.0. The number of amides is 1. The highest BCUT2D eigenvalue weighted by molar-refractivity contribution is 7.99. The molecule has 0 saturated carbocycles. The van der Waals surface area contributed by atoms with Crippen molar-refractivity contribution >= 4 is 40.4 Å². The third-order valence-corrected chi connectivity index (χ3v) is 7.40. The van der Waals surface area contributed by atoms with Gasteiger partial charge in [0.25, 0.3) is 0 Å². The number of nitrogens with zero attached hydrogens (tertiary/aromatic N) is 5. The van der Waals surface area contributed by atoms with Gasteiger partial charge in [-0.2, -0.15) is 0 Å². The summed E-state index contributed by atoms with van der Waals surface area (Å²) >= 11 is 3.11. The number of nitrogens with one attached hydrogen (secondary N) is 1. The molecule has 0 spiro atoms. The molecular formula is C22H28N6OS2. The van der Waals surface area contributed by atoms with Crippen LogP contribution >= 0.6 is 23.1 Å². The van der Waals surface area contributed by atoms with E-state index in [9.17, 15) is 4.79 Å². The van der Waals surface area contributed by atoms with Crippen molar-refractivity contribution in [1.82, 2.24) is 19.7 Å². The number of hydrogen-bond donors (Lipinski definition) is 1. The number of anilines is 2. The molecule has 9 heteroatoms. The van der Waals surface area contributed by atoms with E-state index in [1.165, 1.54) is 22.3 Å². The Bertz CT molecular complexity index is 978. The Labute approximate surface area is 191 Å². The van der Waals surface area contributed by atoms with Gasteiger partial charge >= 0.3 is 0 Å². The summed E-state index contributed by atoms with van der Waals surface area (Å²) < 4.78 is 1.96. The van der Waals surface area contributed by atoms with E-state index in [1.54, 1.807) is 11.3 Å². The molecule has 3 aromatic rings. The molecule has 1 aliphatic heterocycles. The standard InChI is InChI=1S/C22H28N6OS2/c1-3-27-10-12-28(13-11-27)18-8-6-17(7-9-18)23-21(29)16-31-22-25-24-20(26(22)2)15-19-5-4-14-30-19/h4-9,14H,3,10-13,15-16H2,1-2H3,(H,23,29). The largest absolute Gasteiger partial charge is 0.369 e. The lowest BCUT2D eigenvalue weighted by Gasteiger charge is -2.35. The zero-order chi connectivity index (χ0) is 21.6. The number of aromatic nitrogens is 3. The molecule has 0 unspecified atom stereocenters. The monoisotopic (exact) mass is 456 g/mol. The second-order valence-electron chi connectivity index (χ2n) is 7.52. The van der Waals surface area contributed by atoms with Crippen molar-refractivity contribution in [1.29, 1.82) is 0 Å². The van der Waals surface area contributed by atoms with Gasteiger partial charge in [-0.05, 0) is 42.3 Å². The minimum Gasteiger partial charge on any atom is -0.369 e. The first-order chi connectivity index (χ1) is 15.1. The summed E-state index contributed by atoms with van der Waals surface area (Å²) in [6.45, 7) is 7.61. The summed E-state index contributed by atoms with van der Waals surface area (Å²) in [6, 6.07) is 12.3. The molecule has 7 nitrogen and oxygen atoms in total. The first-order valence-corrected chi connectivity index (χ1v) is 12.4. The number of carbonyl (C=O) groups is 1. The number of thiophene rings is 1. The number of carbonyl (C=O) groups excluding carboxylic acids is 1. The molecule has 0 aliphatic carbocycles. The molecule has 0 bridgehead atoms. The summed E-state index contributed by atoms with van der Waals surface area (Å²) in [4.78, 5) is 18.5. The Morgan fingerprint density at radius 2 is 1.90 bits per heavy atom. The lowest BCUT2D eigenvalue weighted by atomic mass is 10.2. The molecule has 1 aromatic carbocycles. The van der Waals surface area contributed by atoms with Crippen LogP contribution in [0.15, 0.2) is 46.9 Å². The second kappa shape index (κ2) is 10.3. The minimum absolute atomic E-state index is 0.0443. The van der Waals surface area contributed by atoms with Crippen molar-refractivity contribution in [2.24, 2.45) is 7.05 Å². The molecule has 1 aliphatic rings. The first kappa shape index (κ1) is 21.9. The van der Waals surface area contributed by atoms with E-state index >= 15 is 0 Å². The first-order valence-electron chi connectivity index (χ1n) is 10.5. The number of piperazine rings is 1. The molecular weight excluding hydrogens is 428 g/mol. The van der Waals surface area contributed by atoms with Crippen LogP contribution in [0.2, 0.25) is 0 Å². The van der Waals surface area contributed by atoms with E-state index in [1.807, 2.05) is 29.8 Å². The van der Waals surface area contributed by atoms with Gasteiger partial charge in [-0.25, -0.2) is 0 Å². The Balaban J connectivity index is 1.26. The summed E-state index contributed by atoms with van der Waals surface area (Å²) in [6.07, 6.45) is 0.758. The quantitative estimate of drug-likeness (QED) is 0.525. The minimum atomic E-state index is -0.0443. The molecule has 0 radical (unpaired) electrons. The molecule has 3 heterocycles. The van der Waals surface area contributed by atoms with Crippen LogP contribution in [0.3, 0.4) is 0 Å². The van der Waals surface area contributed by atoms with Crippen LogP contribution in [0.1, 0.15) is 17.6 Å². The number of thioether (sulfide) groups is 1. The van der Waals surface area contributed by atoms with Gasteiger partial charge in [-0.1, -0.05) is 24.8 Å². The van der Waals surface area contributed by atoms with E-state index in [4.69, 9.17) is 0 Å². The molecule has 31 heavy (non-hydrogen) atoms. The molecule has 2 aromatic heterocycles. The van der Waals surface area contributed by atoms with Crippen molar-refractivity contribution in [3.8, 4) is 0 Å². The predicted molar refractivity (Wildman–Crippen MR) is 128 cm³/mol. The molecule has 0 atom stereocenters. The Morgan fingerprint density at radius 3 is 2.58 bits per heavy atom. The number of rotatable bonds is 8. The van der Waals surface area contributed by atoms with Gasteiger partial charge in [0.05, 0.1) is 5.75 Å². The SMILES string of the molecule is CCN1CCN(c2ccc(NC(=O)CSc3nnc(Cc4cccs4)n3C)cc2)CC1. The van der Waals surface area contributed by atoms with Gasteiger partial charge in [-0.15, -0.1) is 21.5 Å². The summed E-state index contributed by atoms with van der Waals surface area (Å²) in [5, 5.41) is 14.3. The molecule has 1 saturated heterocycles. The van der Waals surface area contributed by atoms with Gasteiger partial charge in [0.1, 0.15) is 5.82 Å². The third-order valence-electron chi connectivity index (χ3n) is 5.51. The zero-order valence-corrected chi connectivity index (χ0v) is 19.6. The fraction of sp³-hybridized carbons (Fsp3) is 0.409. The Morgan fingerprint density at radius 1 is 1.13 bits per heavy atom. The molecule has 1 amide bonds. The van der Waals surface area contributed by atoms with E-state index in [0.717, 1.165) is 55.8 Å². The van der Waals surface area contributed by atoms with Crippen molar-refractivity contribution < 1.29 is 4.79 Å². The van der Waals surface area contributed by atoms with Gasteiger partial charge in [-0.3, -0.25) is 4.79 Å². The average molecular weight is 457 g/mol. The second-order valence-corrected chi connectivity index (χ2v) is 9.49. The van der Waals surface area contributed by atoms with Crippen LogP contribution in [-0.2, 0) is 18.3 Å². The maximum atomic E-state index is 12.4. The lowest BCUT2D eigenvalue weighted by Crippen LogP contribution is -2.46. The Kier molecular flexibility index (Phi) is 7.26. The highest BCUT2D eigenvalue weighted by Crippen LogP contribution is 2.21. The normalized spacial score (nSPS) is 14.7. The maximum Gasteiger partial charge on any atom is 0.234 e. The summed E-state index contributed by atoms with van der Waals surface area (Å²) in [5.41, 5.74) is 2.03. The molecule has 1 N–H and O–H groups in total. The maximum absolute atomic E-state index is 12.4. The smallest absolute Gasteiger partial charge is 0.234 e. The number of hydrogen-bond acceptors (Lipinski definition) is 7. The van der Waals surface area contributed by atoms with Crippen molar-refractivity contribution in [2.45, 2.75) is 18.5 Å². The van der Waals surface area contributed by atoms with Crippen molar-refractivity contribution in [2.75, 3.05) is 48.7 Å². The van der Waals surface area contributed by atoms with Gasteiger partial charge in [0.2, 0.25) is 5.91 Å². The fourth-order valence-corrected chi connectivity index (χ4v) is 5.03. The fourth-order valence-electron chi connectivity index (χ4n) is 3.60. The summed E-state index contributed by atoms with van der Waals surface area (Å²) in [7, 11) is 1.95. The van der Waals surface area contributed by atoms with Crippen LogP contribution in [0, 0.1) is 0 Å². The molecule has 4 rings (SSSR count). The third kappa shape index (κ3) is 5.66. The van der Waals surface area contributed by atoms with E-state index in [0.29, 0.717) is 5.75 Å². The van der Waals surface area contributed by atoms with E-state index in [-0.39, 0.29) is 5.91 Å². The van der Waals surface area contributed by atoms with E-state index < -0.39 is 0 Å². The van der Waals surface area contributed by atoms with Crippen LogP contribution in [0.4, 0.5) is 11.4 Å². The molecule has 1 fully saturated rings. The van der Waals surface area contributed by atoms with Crippen LogP contribution in [0.5, 0.6) is 0 Å². The average Bonchev–Trinajstić information content (AvgIpc) is 3.43. The van der Waals surface area contributed by atoms with Crippen LogP contribution < -0.4 is 10.2 Å². The highest BCUT2D eigenvalue weighted by atomic mass is 32.2. The number of benzene rings is 1. The Hall–Kier alpha value is -2.36. The highest BCUT2D eigenvalue weighted by Gasteiger charge is 2.16. The van der Waals surface area contributed by atoms with Crippen molar-refractivity contribution in [3.63, 3.8) is 0 Å². The van der Waals surface area contributed by atoms with Crippen LogP contribution in [0.25, 0.3) is 0 Å². The topological polar surface area (TPSA) is 66.3 Å². The van der Waals surface area contributed by atoms with E-state index in [2.05, 4.69) is 55.8 Å².